The molecule has 0 saturated heterocycles. The molecule has 1 atom stereocenters. The molecular formula is C6H13BrO2S. The van der Waals surface area contributed by atoms with E-state index in [1.807, 2.05) is 6.92 Å². The fraction of sp³-hybridized carbons (Fsp3) is 1.00. The lowest BCUT2D eigenvalue weighted by atomic mass is 10.1. The van der Waals surface area contributed by atoms with Gasteiger partial charge in [-0.25, -0.2) is 8.42 Å². The molecule has 0 aromatic rings. The summed E-state index contributed by atoms with van der Waals surface area (Å²) in [5.74, 6) is 0.523. The van der Waals surface area contributed by atoms with Gasteiger partial charge in [0.05, 0.1) is 20.6 Å². The summed E-state index contributed by atoms with van der Waals surface area (Å²) in [6.07, 6.45) is 2.02. The minimum atomic E-state index is -2.93. The van der Waals surface area contributed by atoms with Crippen molar-refractivity contribution in [3.8, 4) is 0 Å². The number of rotatable bonds is 4. The molecule has 0 aliphatic rings. The minimum absolute atomic E-state index is 0.251. The molecule has 0 N–H and O–H groups in total. The molecule has 0 rings (SSSR count). The normalized spacial score (nSPS) is 15.1. The Balaban J connectivity index is 3.69. The molecule has 62 valence electrons. The van der Waals surface area contributed by atoms with Crippen molar-refractivity contribution in [1.29, 1.82) is 0 Å². The Labute approximate surface area is 70.1 Å². The minimum Gasteiger partial charge on any atom is -0.217 e. The lowest BCUT2D eigenvalue weighted by molar-refractivity contribution is 0.554. The Morgan fingerprint density at radius 3 is 2.30 bits per heavy atom. The maximum atomic E-state index is 10.6. The second kappa shape index (κ2) is 4.34. The van der Waals surface area contributed by atoms with Crippen molar-refractivity contribution < 1.29 is 8.42 Å². The topological polar surface area (TPSA) is 34.1 Å². The monoisotopic (exact) mass is 228 g/mol. The van der Waals surface area contributed by atoms with Crippen LogP contribution in [0.3, 0.4) is 0 Å². The van der Waals surface area contributed by atoms with Gasteiger partial charge >= 0.3 is 0 Å². The van der Waals surface area contributed by atoms with E-state index in [0.717, 1.165) is 12.8 Å². The van der Waals surface area contributed by atoms with Crippen molar-refractivity contribution in [2.75, 3.05) is 5.75 Å². The first kappa shape index (κ1) is 10.4. The SMILES string of the molecule is CCCC(C)CS(=O)(=O)Br. The fourth-order valence-corrected chi connectivity index (χ4v) is 3.12. The van der Waals surface area contributed by atoms with Crippen molar-refractivity contribution in [2.45, 2.75) is 26.7 Å². The van der Waals surface area contributed by atoms with Gasteiger partial charge in [-0.3, -0.25) is 0 Å². The first-order chi connectivity index (χ1) is 4.45. The summed E-state index contributed by atoms with van der Waals surface area (Å²) >= 11 is 2.62. The molecule has 0 aromatic carbocycles. The average Bonchev–Trinajstić information content (AvgIpc) is 1.59. The largest absolute Gasteiger partial charge is 0.217 e. The smallest absolute Gasteiger partial charge is 0.209 e. The van der Waals surface area contributed by atoms with Gasteiger partial charge in [0.2, 0.25) is 8.27 Å². The Morgan fingerprint density at radius 1 is 1.50 bits per heavy atom. The molecule has 4 heteroatoms. The highest BCUT2D eigenvalue weighted by Crippen LogP contribution is 2.12. The third-order valence-electron chi connectivity index (χ3n) is 1.27. The lowest BCUT2D eigenvalue weighted by Gasteiger charge is -2.05. The van der Waals surface area contributed by atoms with Crippen molar-refractivity contribution in [3.05, 3.63) is 0 Å². The van der Waals surface area contributed by atoms with Crippen LogP contribution < -0.4 is 0 Å². The Bertz CT molecular complexity index is 174. The maximum Gasteiger partial charge on any atom is 0.209 e. The second-order valence-corrected chi connectivity index (χ2v) is 6.97. The first-order valence-electron chi connectivity index (χ1n) is 3.38. The third-order valence-corrected chi connectivity index (χ3v) is 3.03. The number of halogens is 1. The van der Waals surface area contributed by atoms with Gasteiger partial charge in [0.15, 0.2) is 0 Å². The quantitative estimate of drug-likeness (QED) is 0.692. The molecule has 2 nitrogen and oxygen atoms in total. The molecule has 0 bridgehead atoms. The van der Waals surface area contributed by atoms with Crippen molar-refractivity contribution >= 4 is 23.1 Å². The summed E-state index contributed by atoms with van der Waals surface area (Å²) < 4.78 is 21.3. The van der Waals surface area contributed by atoms with Crippen LogP contribution in [0.5, 0.6) is 0 Å². The highest BCUT2D eigenvalue weighted by Gasteiger charge is 2.10. The number of hydrogen-bond acceptors (Lipinski definition) is 2. The molecule has 10 heavy (non-hydrogen) atoms. The summed E-state index contributed by atoms with van der Waals surface area (Å²) in [4.78, 5) is 0. The van der Waals surface area contributed by atoms with Gasteiger partial charge in [-0.15, -0.1) is 0 Å². The van der Waals surface area contributed by atoms with E-state index in [4.69, 9.17) is 0 Å². The fourth-order valence-electron chi connectivity index (χ4n) is 0.916. The van der Waals surface area contributed by atoms with Gasteiger partial charge in [0.25, 0.3) is 0 Å². The first-order valence-corrected chi connectivity index (χ1v) is 6.87. The Morgan fingerprint density at radius 2 is 2.00 bits per heavy atom. The van der Waals surface area contributed by atoms with Crippen molar-refractivity contribution in [3.63, 3.8) is 0 Å². The van der Waals surface area contributed by atoms with Crippen LogP contribution in [0.4, 0.5) is 0 Å². The highest BCUT2D eigenvalue weighted by atomic mass is 79.9. The summed E-state index contributed by atoms with van der Waals surface area (Å²) in [6.45, 7) is 4.00. The van der Waals surface area contributed by atoms with Crippen LogP contribution in [0.25, 0.3) is 0 Å². The van der Waals surface area contributed by atoms with Gasteiger partial charge in [0.1, 0.15) is 0 Å². The summed E-state index contributed by atoms with van der Waals surface area (Å²) in [7, 11) is -2.93. The van der Waals surface area contributed by atoms with E-state index in [2.05, 4.69) is 21.7 Å². The van der Waals surface area contributed by atoms with E-state index >= 15 is 0 Å². The molecule has 0 radical (unpaired) electrons. The molecule has 0 aliphatic heterocycles. The molecule has 0 fully saturated rings. The molecule has 0 aliphatic carbocycles. The van der Waals surface area contributed by atoms with Crippen molar-refractivity contribution in [1.82, 2.24) is 0 Å². The van der Waals surface area contributed by atoms with Crippen LogP contribution in [0.2, 0.25) is 0 Å². The third kappa shape index (κ3) is 6.55. The molecule has 0 saturated carbocycles. The van der Waals surface area contributed by atoms with E-state index in [-0.39, 0.29) is 11.7 Å². The average molecular weight is 229 g/mol. The lowest BCUT2D eigenvalue weighted by Crippen LogP contribution is -2.07. The molecule has 0 heterocycles. The van der Waals surface area contributed by atoms with Crippen molar-refractivity contribution in [2.24, 2.45) is 5.92 Å². The van der Waals surface area contributed by atoms with Gasteiger partial charge in [0, 0.05) is 0 Å². The number of hydrogen-bond donors (Lipinski definition) is 0. The zero-order valence-corrected chi connectivity index (χ0v) is 8.70. The van der Waals surface area contributed by atoms with Crippen LogP contribution in [-0.2, 0) is 8.27 Å². The maximum absolute atomic E-state index is 10.6. The van der Waals surface area contributed by atoms with E-state index in [0.29, 0.717) is 0 Å². The summed E-state index contributed by atoms with van der Waals surface area (Å²) in [5, 5.41) is 0. The van der Waals surface area contributed by atoms with Gasteiger partial charge in [-0.2, -0.15) is 0 Å². The molecule has 0 aromatic heterocycles. The zero-order chi connectivity index (χ0) is 8.20. The molecule has 1 unspecified atom stereocenters. The standard InChI is InChI=1S/C6H13BrO2S/c1-3-4-6(2)5-10(7,8)9/h6H,3-5H2,1-2H3. The van der Waals surface area contributed by atoms with Crippen LogP contribution >= 0.6 is 14.8 Å². The molecular weight excluding hydrogens is 216 g/mol. The van der Waals surface area contributed by atoms with E-state index in [9.17, 15) is 8.42 Å². The van der Waals surface area contributed by atoms with Crippen LogP contribution in [0.1, 0.15) is 26.7 Å². The summed E-state index contributed by atoms with van der Waals surface area (Å²) in [6, 6.07) is 0. The predicted octanol–water partition coefficient (Wildman–Crippen LogP) is 2.15. The van der Waals surface area contributed by atoms with Gasteiger partial charge in [-0.1, -0.05) is 20.3 Å². The van der Waals surface area contributed by atoms with Crippen LogP contribution in [0.15, 0.2) is 0 Å². The second-order valence-electron chi connectivity index (χ2n) is 2.60. The zero-order valence-electron chi connectivity index (χ0n) is 6.30. The Kier molecular flexibility index (Phi) is 4.52. The Hall–Kier alpha value is 0.430. The van der Waals surface area contributed by atoms with E-state index in [1.165, 1.54) is 0 Å². The molecule has 0 spiro atoms. The predicted molar refractivity (Wildman–Crippen MR) is 46.8 cm³/mol. The van der Waals surface area contributed by atoms with Gasteiger partial charge < -0.3 is 0 Å². The molecule has 0 amide bonds. The van der Waals surface area contributed by atoms with E-state index < -0.39 is 8.27 Å². The van der Waals surface area contributed by atoms with Crippen LogP contribution in [0, 0.1) is 5.92 Å². The summed E-state index contributed by atoms with van der Waals surface area (Å²) in [5.41, 5.74) is 0. The van der Waals surface area contributed by atoms with Gasteiger partial charge in [-0.05, 0) is 12.3 Å². The van der Waals surface area contributed by atoms with Crippen LogP contribution in [-0.4, -0.2) is 14.2 Å². The van der Waals surface area contributed by atoms with E-state index in [1.54, 1.807) is 0 Å². The highest BCUT2D eigenvalue weighted by molar-refractivity contribution is 9.47.